The first-order chi connectivity index (χ1) is 6.07. The van der Waals surface area contributed by atoms with Crippen LogP contribution < -0.4 is 4.74 Å². The van der Waals surface area contributed by atoms with Crippen LogP contribution in [0.2, 0.25) is 0 Å². The second-order valence-electron chi connectivity index (χ2n) is 2.58. The van der Waals surface area contributed by atoms with Gasteiger partial charge >= 0.3 is 5.97 Å². The molecule has 13 heavy (non-hydrogen) atoms. The maximum atomic E-state index is 10.7. The first-order valence-corrected chi connectivity index (χ1v) is 4.72. The lowest BCUT2D eigenvalue weighted by atomic mass is 10.1. The van der Waals surface area contributed by atoms with Gasteiger partial charge in [-0.15, -0.1) is 0 Å². The van der Waals surface area contributed by atoms with Crippen LogP contribution in [0.1, 0.15) is 15.9 Å². The van der Waals surface area contributed by atoms with E-state index in [4.69, 9.17) is 9.84 Å². The molecule has 0 atom stereocenters. The van der Waals surface area contributed by atoms with Gasteiger partial charge in [-0.1, -0.05) is 6.07 Å². The Morgan fingerprint density at radius 2 is 2.15 bits per heavy atom. The van der Waals surface area contributed by atoms with E-state index in [-0.39, 0.29) is 5.56 Å². The van der Waals surface area contributed by atoms with Crippen LogP contribution in [0.4, 0.5) is 0 Å². The number of rotatable bonds is 2. The third-order valence-electron chi connectivity index (χ3n) is 1.73. The lowest BCUT2D eigenvalue weighted by Gasteiger charge is -2.08. The van der Waals surface area contributed by atoms with E-state index < -0.39 is 5.97 Å². The van der Waals surface area contributed by atoms with Crippen molar-refractivity contribution in [2.75, 3.05) is 7.11 Å². The van der Waals surface area contributed by atoms with E-state index in [0.29, 0.717) is 9.32 Å². The number of benzene rings is 1. The summed E-state index contributed by atoms with van der Waals surface area (Å²) in [6, 6.07) is 3.33. The molecular formula is C9H9IO3. The lowest BCUT2D eigenvalue weighted by molar-refractivity contribution is 0.0695. The number of halogens is 1. The Bertz CT molecular complexity index is 347. The summed E-state index contributed by atoms with van der Waals surface area (Å²) in [6.07, 6.45) is 0. The van der Waals surface area contributed by atoms with Gasteiger partial charge in [0, 0.05) is 0 Å². The summed E-state index contributed by atoms with van der Waals surface area (Å²) in [5.74, 6) is -0.289. The number of aromatic carboxylic acids is 1. The molecule has 0 aromatic heterocycles. The Morgan fingerprint density at radius 3 is 2.62 bits per heavy atom. The highest BCUT2D eigenvalue weighted by molar-refractivity contribution is 14.1. The Kier molecular flexibility index (Phi) is 3.13. The van der Waals surface area contributed by atoms with Gasteiger partial charge in [-0.05, 0) is 41.1 Å². The minimum Gasteiger partial charge on any atom is -0.495 e. The SMILES string of the molecule is COc1c(C)ccc(C(=O)O)c1I. The molecule has 0 heterocycles. The van der Waals surface area contributed by atoms with Gasteiger partial charge in [0.1, 0.15) is 5.75 Å². The molecule has 0 amide bonds. The van der Waals surface area contributed by atoms with Gasteiger partial charge in [0.2, 0.25) is 0 Å². The molecule has 1 rings (SSSR count). The Morgan fingerprint density at radius 1 is 1.54 bits per heavy atom. The highest BCUT2D eigenvalue weighted by Gasteiger charge is 2.13. The van der Waals surface area contributed by atoms with Crippen LogP contribution in [-0.2, 0) is 0 Å². The summed E-state index contributed by atoms with van der Waals surface area (Å²) < 4.78 is 5.74. The van der Waals surface area contributed by atoms with Gasteiger partial charge in [0.05, 0.1) is 16.2 Å². The summed E-state index contributed by atoms with van der Waals surface area (Å²) >= 11 is 1.98. The number of carboxylic acid groups (broad SMARTS) is 1. The van der Waals surface area contributed by atoms with Gasteiger partial charge < -0.3 is 9.84 Å². The molecule has 0 saturated heterocycles. The van der Waals surface area contributed by atoms with Crippen LogP contribution in [-0.4, -0.2) is 18.2 Å². The Hall–Kier alpha value is -0.780. The predicted octanol–water partition coefficient (Wildman–Crippen LogP) is 2.31. The van der Waals surface area contributed by atoms with Gasteiger partial charge in [-0.2, -0.15) is 0 Å². The number of ether oxygens (including phenoxy) is 1. The van der Waals surface area contributed by atoms with Crippen molar-refractivity contribution in [3.05, 3.63) is 26.8 Å². The highest BCUT2D eigenvalue weighted by atomic mass is 127. The van der Waals surface area contributed by atoms with Crippen molar-refractivity contribution in [1.29, 1.82) is 0 Å². The normalized spacial score (nSPS) is 9.77. The lowest BCUT2D eigenvalue weighted by Crippen LogP contribution is -2.02. The molecule has 0 aliphatic rings. The van der Waals surface area contributed by atoms with E-state index in [1.807, 2.05) is 29.5 Å². The topological polar surface area (TPSA) is 46.5 Å². The van der Waals surface area contributed by atoms with Crippen LogP contribution in [0.25, 0.3) is 0 Å². The minimum atomic E-state index is -0.928. The zero-order valence-electron chi connectivity index (χ0n) is 7.30. The summed E-state index contributed by atoms with van der Waals surface area (Å²) in [6.45, 7) is 1.88. The van der Waals surface area contributed by atoms with Gasteiger partial charge in [-0.3, -0.25) is 0 Å². The number of carboxylic acids is 1. The third-order valence-corrected chi connectivity index (χ3v) is 2.80. The largest absolute Gasteiger partial charge is 0.495 e. The second-order valence-corrected chi connectivity index (χ2v) is 3.66. The number of hydrogen-bond donors (Lipinski definition) is 1. The molecule has 0 bridgehead atoms. The third kappa shape index (κ3) is 1.93. The van der Waals surface area contributed by atoms with Crippen LogP contribution in [0, 0.1) is 10.5 Å². The second kappa shape index (κ2) is 3.95. The molecular weight excluding hydrogens is 283 g/mol. The fraction of sp³-hybridized carbons (Fsp3) is 0.222. The number of aryl methyl sites for hydroxylation is 1. The zero-order valence-corrected chi connectivity index (χ0v) is 9.45. The first-order valence-electron chi connectivity index (χ1n) is 3.64. The van der Waals surface area contributed by atoms with Gasteiger partial charge in [0.15, 0.2) is 0 Å². The van der Waals surface area contributed by atoms with Crippen molar-refractivity contribution in [1.82, 2.24) is 0 Å². The number of hydrogen-bond acceptors (Lipinski definition) is 2. The quantitative estimate of drug-likeness (QED) is 0.851. The smallest absolute Gasteiger partial charge is 0.336 e. The summed E-state index contributed by atoms with van der Waals surface area (Å²) in [5.41, 5.74) is 1.22. The van der Waals surface area contributed by atoms with E-state index in [1.54, 1.807) is 12.1 Å². The van der Waals surface area contributed by atoms with Crippen LogP contribution >= 0.6 is 22.6 Å². The Balaban J connectivity index is 3.35. The summed E-state index contributed by atoms with van der Waals surface area (Å²) in [7, 11) is 1.54. The number of carbonyl (C=O) groups is 1. The van der Waals surface area contributed by atoms with Crippen molar-refractivity contribution in [2.45, 2.75) is 6.92 Å². The molecule has 1 N–H and O–H groups in total. The van der Waals surface area contributed by atoms with E-state index in [0.717, 1.165) is 5.56 Å². The molecule has 1 aromatic carbocycles. The van der Waals surface area contributed by atoms with Crippen LogP contribution in [0.15, 0.2) is 12.1 Å². The van der Waals surface area contributed by atoms with Crippen molar-refractivity contribution >= 4 is 28.6 Å². The molecule has 1 aromatic rings. The highest BCUT2D eigenvalue weighted by Crippen LogP contribution is 2.27. The molecule has 0 fully saturated rings. The first kappa shape index (κ1) is 10.3. The van der Waals surface area contributed by atoms with Crippen LogP contribution in [0.3, 0.4) is 0 Å². The maximum Gasteiger partial charge on any atom is 0.336 e. The fourth-order valence-electron chi connectivity index (χ4n) is 1.07. The molecule has 0 aliphatic heterocycles. The van der Waals surface area contributed by atoms with Gasteiger partial charge in [-0.25, -0.2) is 4.79 Å². The van der Waals surface area contributed by atoms with E-state index in [2.05, 4.69) is 0 Å². The molecule has 70 valence electrons. The van der Waals surface area contributed by atoms with E-state index in [9.17, 15) is 4.79 Å². The van der Waals surface area contributed by atoms with Crippen molar-refractivity contribution < 1.29 is 14.6 Å². The average Bonchev–Trinajstić information content (AvgIpc) is 2.04. The number of methoxy groups -OCH3 is 1. The van der Waals surface area contributed by atoms with Gasteiger partial charge in [0.25, 0.3) is 0 Å². The Labute approximate surface area is 89.9 Å². The molecule has 0 spiro atoms. The van der Waals surface area contributed by atoms with E-state index in [1.165, 1.54) is 7.11 Å². The van der Waals surface area contributed by atoms with Crippen LogP contribution in [0.5, 0.6) is 5.75 Å². The predicted molar refractivity (Wildman–Crippen MR) is 57.4 cm³/mol. The molecule has 0 radical (unpaired) electrons. The summed E-state index contributed by atoms with van der Waals surface area (Å²) in [4.78, 5) is 10.7. The summed E-state index contributed by atoms with van der Waals surface area (Å²) in [5, 5.41) is 8.82. The maximum absolute atomic E-state index is 10.7. The fourth-order valence-corrected chi connectivity index (χ4v) is 2.12. The average molecular weight is 292 g/mol. The van der Waals surface area contributed by atoms with E-state index >= 15 is 0 Å². The molecule has 0 unspecified atom stereocenters. The molecule has 4 heteroatoms. The minimum absolute atomic E-state index is 0.281. The standard InChI is InChI=1S/C9H9IO3/c1-5-3-4-6(9(11)12)7(10)8(5)13-2/h3-4H,1-2H3,(H,11,12). The van der Waals surface area contributed by atoms with Crippen molar-refractivity contribution in [3.8, 4) is 5.75 Å². The van der Waals surface area contributed by atoms with Crippen molar-refractivity contribution in [3.63, 3.8) is 0 Å². The van der Waals surface area contributed by atoms with Crippen molar-refractivity contribution in [2.24, 2.45) is 0 Å². The molecule has 0 saturated carbocycles. The molecule has 3 nitrogen and oxygen atoms in total. The molecule has 0 aliphatic carbocycles. The monoisotopic (exact) mass is 292 g/mol. The zero-order chi connectivity index (χ0) is 10.0.